The van der Waals surface area contributed by atoms with Crippen LogP contribution in [0.1, 0.15) is 83.5 Å². The number of likely N-dealkylation sites (tertiary alicyclic amines) is 2. The molecule has 9 heteroatoms. The first kappa shape index (κ1) is 28.3. The molecule has 2 saturated carbocycles. The Morgan fingerprint density at radius 2 is 1.62 bits per heavy atom. The van der Waals surface area contributed by atoms with Crippen LogP contribution in [0.25, 0.3) is 0 Å². The van der Waals surface area contributed by atoms with Crippen LogP contribution in [0, 0.1) is 29.1 Å². The molecule has 2 heterocycles. The molecule has 2 amide bonds. The number of piperidine rings is 1. The number of nitrogens with one attached hydrogen (secondary N) is 2. The van der Waals surface area contributed by atoms with Crippen LogP contribution in [0.5, 0.6) is 0 Å². The molecule has 2 saturated heterocycles. The molecule has 4 atom stereocenters. The molecule has 4 rings (SSSR count). The average molecular weight is 518 g/mol. The molecule has 0 bridgehead atoms. The van der Waals surface area contributed by atoms with Crippen LogP contribution >= 0.6 is 0 Å². The van der Waals surface area contributed by atoms with Gasteiger partial charge in [0, 0.05) is 44.1 Å². The monoisotopic (exact) mass is 517 g/mol. The third-order valence-corrected chi connectivity index (χ3v) is 9.82. The molecule has 8 N–H and O–H groups in total. The quantitative estimate of drug-likeness (QED) is 0.220. The maximum absolute atomic E-state index is 13.9. The second-order valence-electron chi connectivity index (χ2n) is 12.3. The van der Waals surface area contributed by atoms with Gasteiger partial charge >= 0.3 is 0 Å². The van der Waals surface area contributed by atoms with Crippen LogP contribution in [0.3, 0.4) is 0 Å². The van der Waals surface area contributed by atoms with Crippen molar-refractivity contribution in [2.24, 2.45) is 40.9 Å². The summed E-state index contributed by atoms with van der Waals surface area (Å²) in [6.07, 6.45) is 12.5. The highest BCUT2D eigenvalue weighted by Gasteiger charge is 2.49. The van der Waals surface area contributed by atoms with Crippen molar-refractivity contribution in [3.63, 3.8) is 0 Å². The molecule has 0 radical (unpaired) electrons. The van der Waals surface area contributed by atoms with Gasteiger partial charge in [-0.05, 0) is 108 Å². The lowest BCUT2D eigenvalue weighted by molar-refractivity contribution is -0.138. The second kappa shape index (κ2) is 13.4. The summed E-state index contributed by atoms with van der Waals surface area (Å²) in [6.45, 7) is 3.94. The van der Waals surface area contributed by atoms with Crippen LogP contribution in [-0.2, 0) is 9.59 Å². The average Bonchev–Trinajstić information content (AvgIpc) is 3.26. The van der Waals surface area contributed by atoms with E-state index in [0.29, 0.717) is 48.5 Å². The minimum absolute atomic E-state index is 0.0412. The summed E-state index contributed by atoms with van der Waals surface area (Å²) in [6, 6.07) is 0.567. The Morgan fingerprint density at radius 1 is 0.892 bits per heavy atom. The van der Waals surface area contributed by atoms with Crippen LogP contribution in [0.2, 0.25) is 0 Å². The van der Waals surface area contributed by atoms with Crippen LogP contribution < -0.4 is 22.5 Å². The summed E-state index contributed by atoms with van der Waals surface area (Å²) in [5, 5.41) is 11.3. The highest BCUT2D eigenvalue weighted by Crippen LogP contribution is 2.43. The number of hydrogen-bond acceptors (Lipinski definition) is 6. The van der Waals surface area contributed by atoms with Crippen molar-refractivity contribution in [3.8, 4) is 0 Å². The van der Waals surface area contributed by atoms with Gasteiger partial charge in [-0.3, -0.25) is 19.9 Å². The highest BCUT2D eigenvalue weighted by atomic mass is 16.2. The lowest BCUT2D eigenvalue weighted by Gasteiger charge is -2.41. The van der Waals surface area contributed by atoms with E-state index in [9.17, 15) is 9.59 Å². The Balaban J connectivity index is 1.38. The molecule has 37 heavy (non-hydrogen) atoms. The van der Waals surface area contributed by atoms with E-state index in [1.807, 2.05) is 0 Å². The molecule has 4 aliphatic rings. The Morgan fingerprint density at radius 3 is 2.27 bits per heavy atom. The Kier molecular flexibility index (Phi) is 10.2. The van der Waals surface area contributed by atoms with Gasteiger partial charge in [0.25, 0.3) is 0 Å². The number of carbonyl (C=O) groups is 2. The molecule has 0 aromatic heterocycles. The minimum Gasteiger partial charge on any atom is -0.387 e. The number of hydrogen-bond donors (Lipinski definition) is 5. The lowest BCUT2D eigenvalue weighted by atomic mass is 9.77. The summed E-state index contributed by atoms with van der Waals surface area (Å²) < 4.78 is 0. The Hall–Kier alpha value is -1.71. The standard InChI is InChI=1S/C28H51N7O2/c29-12-1-2-26(36)33-23-7-3-20(4-8-23)18-35-24-17-22(27(31)32)6-5-21(24)16-25(35)28(37)34-14-10-19(9-13-30)11-15-34/h19-25H,1-18,29-30H2,(H3,31,32)(H,33,36). The molecule has 0 aromatic rings. The van der Waals surface area contributed by atoms with Crippen molar-refractivity contribution in [1.29, 1.82) is 5.41 Å². The van der Waals surface area contributed by atoms with Crippen LogP contribution in [0.15, 0.2) is 0 Å². The van der Waals surface area contributed by atoms with Gasteiger partial charge in [0.2, 0.25) is 11.8 Å². The van der Waals surface area contributed by atoms with E-state index < -0.39 is 0 Å². The fourth-order valence-corrected chi connectivity index (χ4v) is 7.57. The zero-order chi connectivity index (χ0) is 26.4. The summed E-state index contributed by atoms with van der Waals surface area (Å²) in [5.74, 6) is 2.61. The zero-order valence-electron chi connectivity index (χ0n) is 22.7. The molecule has 4 unspecified atom stereocenters. The van der Waals surface area contributed by atoms with E-state index in [1.54, 1.807) is 0 Å². The van der Waals surface area contributed by atoms with Crippen molar-refractivity contribution in [3.05, 3.63) is 0 Å². The third-order valence-electron chi connectivity index (χ3n) is 9.82. The summed E-state index contributed by atoms with van der Waals surface area (Å²) >= 11 is 0. The molecule has 4 fully saturated rings. The van der Waals surface area contributed by atoms with Gasteiger partial charge in [0.1, 0.15) is 0 Å². The molecular weight excluding hydrogens is 466 g/mol. The maximum atomic E-state index is 13.9. The molecule has 0 spiro atoms. The minimum atomic E-state index is -0.0412. The maximum Gasteiger partial charge on any atom is 0.239 e. The summed E-state index contributed by atoms with van der Waals surface area (Å²) in [4.78, 5) is 30.7. The third kappa shape index (κ3) is 7.24. The molecule has 0 aromatic carbocycles. The number of fused-ring (bicyclic) bond motifs is 1. The number of nitrogens with zero attached hydrogens (tertiary/aromatic N) is 2. The number of carbonyl (C=O) groups excluding carboxylic acids is 2. The first-order valence-corrected chi connectivity index (χ1v) is 15.0. The van der Waals surface area contributed by atoms with Crippen LogP contribution in [0.4, 0.5) is 0 Å². The zero-order valence-corrected chi connectivity index (χ0v) is 22.7. The van der Waals surface area contributed by atoms with Crippen molar-refractivity contribution in [1.82, 2.24) is 15.1 Å². The fraction of sp³-hybridized carbons (Fsp3) is 0.893. The normalized spacial score (nSPS) is 33.2. The van der Waals surface area contributed by atoms with Gasteiger partial charge in [-0.2, -0.15) is 0 Å². The van der Waals surface area contributed by atoms with Crippen molar-refractivity contribution in [2.45, 2.75) is 102 Å². The van der Waals surface area contributed by atoms with E-state index in [-0.39, 0.29) is 23.9 Å². The van der Waals surface area contributed by atoms with Gasteiger partial charge in [-0.1, -0.05) is 0 Å². The Bertz CT molecular complexity index is 776. The van der Waals surface area contributed by atoms with Gasteiger partial charge in [-0.25, -0.2) is 0 Å². The van der Waals surface area contributed by atoms with Crippen molar-refractivity contribution in [2.75, 3.05) is 32.7 Å². The molecule has 2 aliphatic carbocycles. The van der Waals surface area contributed by atoms with Gasteiger partial charge in [0.15, 0.2) is 0 Å². The van der Waals surface area contributed by atoms with Gasteiger partial charge < -0.3 is 27.4 Å². The largest absolute Gasteiger partial charge is 0.387 e. The Labute approximate surface area is 223 Å². The van der Waals surface area contributed by atoms with E-state index in [4.69, 9.17) is 22.6 Å². The molecule has 2 aliphatic heterocycles. The predicted octanol–water partition coefficient (Wildman–Crippen LogP) is 1.78. The first-order valence-electron chi connectivity index (χ1n) is 15.0. The summed E-state index contributed by atoms with van der Waals surface area (Å²) in [5.41, 5.74) is 17.3. The van der Waals surface area contributed by atoms with E-state index >= 15 is 0 Å². The molecule has 9 nitrogen and oxygen atoms in total. The SMILES string of the molecule is N=C(N)C1CCC2CC(C(=O)N3CCC(CCN)CC3)N(CC3CCC(NC(=O)CCCN)CC3)C2C1. The topological polar surface area (TPSA) is 155 Å². The van der Waals surface area contributed by atoms with E-state index in [0.717, 1.165) is 103 Å². The molecular formula is C28H51N7O2. The lowest BCUT2D eigenvalue weighted by Crippen LogP contribution is -2.52. The van der Waals surface area contributed by atoms with Crippen LogP contribution in [-0.4, -0.2) is 78.3 Å². The number of rotatable bonds is 10. The van der Waals surface area contributed by atoms with Crippen molar-refractivity contribution < 1.29 is 9.59 Å². The fourth-order valence-electron chi connectivity index (χ4n) is 7.57. The molecule has 210 valence electrons. The second-order valence-corrected chi connectivity index (χ2v) is 12.3. The van der Waals surface area contributed by atoms with E-state index in [1.165, 1.54) is 0 Å². The van der Waals surface area contributed by atoms with E-state index in [2.05, 4.69) is 15.1 Å². The van der Waals surface area contributed by atoms with Crippen molar-refractivity contribution >= 4 is 17.6 Å². The number of nitrogens with two attached hydrogens (primary N) is 3. The van der Waals surface area contributed by atoms with Gasteiger partial charge in [0.05, 0.1) is 11.9 Å². The highest BCUT2D eigenvalue weighted by molar-refractivity contribution is 5.83. The predicted molar refractivity (Wildman–Crippen MR) is 147 cm³/mol. The number of amides is 2. The smallest absolute Gasteiger partial charge is 0.239 e. The number of amidine groups is 1. The summed E-state index contributed by atoms with van der Waals surface area (Å²) in [7, 11) is 0. The van der Waals surface area contributed by atoms with Gasteiger partial charge in [-0.15, -0.1) is 0 Å². The first-order chi connectivity index (χ1) is 17.9.